The molecule has 0 radical (unpaired) electrons. The van der Waals surface area contributed by atoms with Gasteiger partial charge in [-0.2, -0.15) is 0 Å². The van der Waals surface area contributed by atoms with E-state index in [0.717, 1.165) is 31.2 Å². The van der Waals surface area contributed by atoms with Crippen molar-refractivity contribution >= 4 is 23.3 Å². The number of rotatable bonds is 6. The Bertz CT molecular complexity index is 1090. The number of anilines is 2. The summed E-state index contributed by atoms with van der Waals surface area (Å²) in [6.07, 6.45) is 3.86. The number of aliphatic hydroxyl groups is 1. The smallest absolute Gasteiger partial charge is 0.323 e. The SMILES string of the molecule is O=C(C[C@@H]1C[C@H]2c3cc(NC(=O)Nc4ccccc4F)ccc3O[C@H]2[C@H](CO)O1)NC1CCCC1. The number of amides is 3. The number of benzene rings is 2. The highest BCUT2D eigenvalue weighted by Crippen LogP contribution is 2.47. The Labute approximate surface area is 203 Å². The van der Waals surface area contributed by atoms with Gasteiger partial charge in [0.1, 0.15) is 23.8 Å². The van der Waals surface area contributed by atoms with Crippen LogP contribution in [0, 0.1) is 5.82 Å². The number of hydrogen-bond acceptors (Lipinski definition) is 5. The van der Waals surface area contributed by atoms with Crippen molar-refractivity contribution in [2.45, 2.75) is 68.8 Å². The lowest BCUT2D eigenvalue weighted by molar-refractivity contribution is -0.142. The van der Waals surface area contributed by atoms with Crippen molar-refractivity contribution in [1.82, 2.24) is 5.32 Å². The largest absolute Gasteiger partial charge is 0.487 e. The molecule has 35 heavy (non-hydrogen) atoms. The monoisotopic (exact) mass is 483 g/mol. The molecule has 0 unspecified atom stereocenters. The van der Waals surface area contributed by atoms with E-state index in [4.69, 9.17) is 9.47 Å². The first-order valence-electron chi connectivity index (χ1n) is 12.2. The summed E-state index contributed by atoms with van der Waals surface area (Å²) in [5.41, 5.74) is 1.51. The van der Waals surface area contributed by atoms with E-state index in [1.54, 1.807) is 24.3 Å². The molecule has 8 nitrogen and oxygen atoms in total. The van der Waals surface area contributed by atoms with Gasteiger partial charge in [0.05, 0.1) is 24.8 Å². The number of aliphatic hydroxyl groups excluding tert-OH is 1. The molecule has 3 aliphatic rings. The van der Waals surface area contributed by atoms with E-state index in [0.29, 0.717) is 17.9 Å². The van der Waals surface area contributed by atoms with Gasteiger partial charge in [-0.15, -0.1) is 0 Å². The number of carbonyl (C=O) groups excluding carboxylic acids is 2. The Morgan fingerprint density at radius 1 is 1.09 bits per heavy atom. The number of para-hydroxylation sites is 1. The van der Waals surface area contributed by atoms with E-state index < -0.39 is 18.0 Å². The van der Waals surface area contributed by atoms with E-state index in [2.05, 4.69) is 16.0 Å². The Morgan fingerprint density at radius 2 is 1.89 bits per heavy atom. The molecule has 0 bridgehead atoms. The zero-order chi connectivity index (χ0) is 24.4. The topological polar surface area (TPSA) is 109 Å². The maximum absolute atomic E-state index is 13.8. The summed E-state index contributed by atoms with van der Waals surface area (Å²) in [5, 5.41) is 18.3. The maximum atomic E-state index is 13.8. The highest BCUT2D eigenvalue weighted by molar-refractivity contribution is 5.99. The van der Waals surface area contributed by atoms with E-state index in [-0.39, 0.29) is 48.8 Å². The molecule has 2 fully saturated rings. The molecule has 1 aliphatic carbocycles. The van der Waals surface area contributed by atoms with E-state index in [9.17, 15) is 19.1 Å². The van der Waals surface area contributed by atoms with Crippen LogP contribution in [-0.2, 0) is 9.53 Å². The van der Waals surface area contributed by atoms with Crippen LogP contribution < -0.4 is 20.7 Å². The number of ether oxygens (including phenoxy) is 2. The van der Waals surface area contributed by atoms with Gasteiger partial charge in [0, 0.05) is 23.2 Å². The van der Waals surface area contributed by atoms with Crippen molar-refractivity contribution in [1.29, 1.82) is 0 Å². The number of carbonyl (C=O) groups is 2. The van der Waals surface area contributed by atoms with Crippen molar-refractivity contribution in [2.75, 3.05) is 17.2 Å². The molecule has 0 aromatic heterocycles. The minimum atomic E-state index is -0.563. The van der Waals surface area contributed by atoms with Gasteiger partial charge >= 0.3 is 6.03 Å². The minimum absolute atomic E-state index is 0.0311. The van der Waals surface area contributed by atoms with Crippen LogP contribution in [0.5, 0.6) is 5.75 Å². The van der Waals surface area contributed by atoms with Crippen molar-refractivity contribution in [3.63, 3.8) is 0 Å². The van der Waals surface area contributed by atoms with E-state index in [1.807, 2.05) is 6.07 Å². The minimum Gasteiger partial charge on any atom is -0.487 e. The summed E-state index contributed by atoms with van der Waals surface area (Å²) in [7, 11) is 0. The first-order chi connectivity index (χ1) is 17.0. The van der Waals surface area contributed by atoms with Crippen molar-refractivity contribution < 1.29 is 28.6 Å². The molecule has 9 heteroatoms. The maximum Gasteiger partial charge on any atom is 0.323 e. The fourth-order valence-electron chi connectivity index (χ4n) is 5.38. The number of nitrogens with one attached hydrogen (secondary N) is 3. The molecule has 186 valence electrons. The molecule has 2 aromatic carbocycles. The standard InChI is InChI=1S/C26H30FN3O5/c27-20-7-3-4-8-21(20)30-26(33)29-16-9-10-22-18(11-16)19-12-17(34-23(14-31)25(19)35-22)13-24(32)28-15-5-1-2-6-15/h3-4,7-11,15,17,19,23,25,31H,1-2,5-6,12-14H2,(H,28,32)(H2,29,30,33)/t17-,19-,23-,25+/m0/s1. The molecule has 2 heterocycles. The lowest BCUT2D eigenvalue weighted by Crippen LogP contribution is -2.47. The second-order valence-corrected chi connectivity index (χ2v) is 9.47. The van der Waals surface area contributed by atoms with Crippen LogP contribution in [0.25, 0.3) is 0 Å². The molecule has 5 rings (SSSR count). The molecule has 2 aromatic rings. The lowest BCUT2D eigenvalue weighted by Gasteiger charge is -2.37. The molecule has 0 spiro atoms. The van der Waals surface area contributed by atoms with Crippen LogP contribution in [0.1, 0.15) is 50.0 Å². The number of hydrogen-bond donors (Lipinski definition) is 4. The molecular formula is C26H30FN3O5. The third-order valence-corrected chi connectivity index (χ3v) is 7.01. The molecule has 1 saturated heterocycles. The zero-order valence-corrected chi connectivity index (χ0v) is 19.3. The van der Waals surface area contributed by atoms with E-state index in [1.165, 1.54) is 12.1 Å². The van der Waals surface area contributed by atoms with Gasteiger partial charge in [0.15, 0.2) is 0 Å². The van der Waals surface area contributed by atoms with Crippen LogP contribution in [0.3, 0.4) is 0 Å². The van der Waals surface area contributed by atoms with Gasteiger partial charge < -0.3 is 30.5 Å². The van der Waals surface area contributed by atoms with Crippen LogP contribution in [0.15, 0.2) is 42.5 Å². The summed E-state index contributed by atoms with van der Waals surface area (Å²) in [5.74, 6) is 0.0271. The molecule has 3 amide bonds. The molecule has 4 atom stereocenters. The fourth-order valence-corrected chi connectivity index (χ4v) is 5.38. The second kappa shape index (κ2) is 10.2. The summed E-state index contributed by atoms with van der Waals surface area (Å²) in [4.78, 5) is 25.0. The average Bonchev–Trinajstić information content (AvgIpc) is 3.47. The molecule has 1 saturated carbocycles. The van der Waals surface area contributed by atoms with E-state index >= 15 is 0 Å². The Kier molecular flexibility index (Phi) is 6.88. The van der Waals surface area contributed by atoms with Gasteiger partial charge in [-0.3, -0.25) is 4.79 Å². The highest BCUT2D eigenvalue weighted by Gasteiger charge is 2.46. The van der Waals surface area contributed by atoms with Crippen molar-refractivity contribution in [3.05, 3.63) is 53.8 Å². The predicted octanol–water partition coefficient (Wildman–Crippen LogP) is 3.91. The van der Waals surface area contributed by atoms with Gasteiger partial charge in [0.25, 0.3) is 0 Å². The second-order valence-electron chi connectivity index (χ2n) is 9.47. The predicted molar refractivity (Wildman–Crippen MR) is 128 cm³/mol. The van der Waals surface area contributed by atoms with Crippen LogP contribution in [-0.4, -0.2) is 48.0 Å². The number of urea groups is 1. The van der Waals surface area contributed by atoms with Crippen LogP contribution in [0.4, 0.5) is 20.6 Å². The Morgan fingerprint density at radius 3 is 2.66 bits per heavy atom. The average molecular weight is 484 g/mol. The van der Waals surface area contributed by atoms with Crippen LogP contribution in [0.2, 0.25) is 0 Å². The van der Waals surface area contributed by atoms with Gasteiger partial charge in [-0.25, -0.2) is 9.18 Å². The number of fused-ring (bicyclic) bond motifs is 3. The lowest BCUT2D eigenvalue weighted by atomic mass is 9.84. The summed E-state index contributed by atoms with van der Waals surface area (Å²) < 4.78 is 26.0. The summed E-state index contributed by atoms with van der Waals surface area (Å²) >= 11 is 0. The zero-order valence-electron chi connectivity index (χ0n) is 19.3. The third kappa shape index (κ3) is 5.26. The van der Waals surface area contributed by atoms with Gasteiger partial charge in [0.2, 0.25) is 5.91 Å². The normalized spacial score (nSPS) is 25.3. The van der Waals surface area contributed by atoms with Crippen LogP contribution >= 0.6 is 0 Å². The molecule has 2 aliphatic heterocycles. The van der Waals surface area contributed by atoms with Crippen molar-refractivity contribution in [3.8, 4) is 5.75 Å². The Balaban J connectivity index is 1.26. The Hall–Kier alpha value is -3.17. The molecular weight excluding hydrogens is 453 g/mol. The number of halogens is 1. The van der Waals surface area contributed by atoms with Crippen molar-refractivity contribution in [2.24, 2.45) is 0 Å². The molecule has 4 N–H and O–H groups in total. The summed E-state index contributed by atoms with van der Waals surface area (Å²) in [6.45, 7) is -0.216. The highest BCUT2D eigenvalue weighted by atomic mass is 19.1. The quantitative estimate of drug-likeness (QED) is 0.498. The fraction of sp³-hybridized carbons (Fsp3) is 0.462. The summed E-state index contributed by atoms with van der Waals surface area (Å²) in [6, 6.07) is 10.9. The first kappa shape index (κ1) is 23.6. The van der Waals surface area contributed by atoms with Gasteiger partial charge in [-0.05, 0) is 49.6 Å². The van der Waals surface area contributed by atoms with Gasteiger partial charge in [-0.1, -0.05) is 25.0 Å². The third-order valence-electron chi connectivity index (χ3n) is 7.01. The first-order valence-corrected chi connectivity index (χ1v) is 12.2.